The molecule has 0 heterocycles. The molecule has 1 aromatic carbocycles. The molecule has 0 aliphatic heterocycles. The molecule has 0 fully saturated rings. The van der Waals surface area contributed by atoms with Crippen molar-refractivity contribution in [1.29, 1.82) is 5.26 Å². The van der Waals surface area contributed by atoms with Crippen LogP contribution < -0.4 is 5.32 Å². The molecule has 0 saturated carbocycles. The van der Waals surface area contributed by atoms with E-state index in [4.69, 9.17) is 9.47 Å². The maximum absolute atomic E-state index is 9.21. The molecule has 0 bridgehead atoms. The third kappa shape index (κ3) is 2.72. The van der Waals surface area contributed by atoms with Gasteiger partial charge < -0.3 is 14.8 Å². The normalized spacial score (nSPS) is 14.2. The topological polar surface area (TPSA) is 54.3 Å². The molecule has 1 aromatic rings. The third-order valence-electron chi connectivity index (χ3n) is 2.31. The van der Waals surface area contributed by atoms with Gasteiger partial charge >= 0.3 is 0 Å². The number of benzene rings is 1. The minimum absolute atomic E-state index is 0.627. The standard InChI is InChI=1S/C12H16N2O2/c1-12(9-13,11(15-2)16-3)14-10-7-5-4-6-8-10/h4-8,11,14H,1-3H3. The van der Waals surface area contributed by atoms with E-state index in [-0.39, 0.29) is 0 Å². The molecule has 1 atom stereocenters. The summed E-state index contributed by atoms with van der Waals surface area (Å²) < 4.78 is 10.2. The first-order valence-electron chi connectivity index (χ1n) is 4.96. The lowest BCUT2D eigenvalue weighted by Gasteiger charge is -2.30. The van der Waals surface area contributed by atoms with Crippen molar-refractivity contribution in [2.24, 2.45) is 0 Å². The van der Waals surface area contributed by atoms with E-state index in [1.807, 2.05) is 30.3 Å². The fraction of sp³-hybridized carbons (Fsp3) is 0.417. The van der Waals surface area contributed by atoms with Gasteiger partial charge in [0.2, 0.25) is 0 Å². The van der Waals surface area contributed by atoms with Crippen LogP contribution in [0.5, 0.6) is 0 Å². The second kappa shape index (κ2) is 5.50. The van der Waals surface area contributed by atoms with Crippen LogP contribution in [0, 0.1) is 11.3 Å². The highest BCUT2D eigenvalue weighted by atomic mass is 16.7. The van der Waals surface area contributed by atoms with E-state index in [0.717, 1.165) is 5.69 Å². The highest BCUT2D eigenvalue weighted by Crippen LogP contribution is 2.20. The van der Waals surface area contributed by atoms with Crippen LogP contribution in [0.4, 0.5) is 5.69 Å². The lowest BCUT2D eigenvalue weighted by atomic mass is 10.0. The first kappa shape index (κ1) is 12.5. The molecule has 86 valence electrons. The van der Waals surface area contributed by atoms with Crippen LogP contribution in [0.25, 0.3) is 0 Å². The van der Waals surface area contributed by atoms with Gasteiger partial charge in [0.1, 0.15) is 0 Å². The molecule has 4 heteroatoms. The average Bonchev–Trinajstić information content (AvgIpc) is 2.32. The summed E-state index contributed by atoms with van der Waals surface area (Å²) in [5.74, 6) is 0. The largest absolute Gasteiger partial charge is 0.363 e. The predicted octanol–water partition coefficient (Wildman–Crippen LogP) is 2.00. The summed E-state index contributed by atoms with van der Waals surface area (Å²) in [5.41, 5.74) is -0.0733. The molecule has 0 aliphatic rings. The molecule has 4 nitrogen and oxygen atoms in total. The number of methoxy groups -OCH3 is 2. The Labute approximate surface area is 95.8 Å². The molecule has 1 rings (SSSR count). The van der Waals surface area contributed by atoms with Gasteiger partial charge in [0, 0.05) is 19.9 Å². The number of para-hydroxylation sites is 1. The van der Waals surface area contributed by atoms with Gasteiger partial charge in [0.15, 0.2) is 11.8 Å². The maximum Gasteiger partial charge on any atom is 0.193 e. The van der Waals surface area contributed by atoms with Crippen LogP contribution in [0.1, 0.15) is 6.92 Å². The zero-order valence-electron chi connectivity index (χ0n) is 9.73. The molecule has 1 unspecified atom stereocenters. The van der Waals surface area contributed by atoms with Gasteiger partial charge in [-0.05, 0) is 19.1 Å². The smallest absolute Gasteiger partial charge is 0.193 e. The summed E-state index contributed by atoms with van der Waals surface area (Å²) in [6, 6.07) is 11.7. The van der Waals surface area contributed by atoms with Crippen LogP contribution in [0.3, 0.4) is 0 Å². The van der Waals surface area contributed by atoms with E-state index in [1.165, 1.54) is 14.2 Å². The SMILES string of the molecule is COC(OC)C(C)(C#N)Nc1ccccc1. The number of rotatable bonds is 5. The Morgan fingerprint density at radius 2 is 1.81 bits per heavy atom. The van der Waals surface area contributed by atoms with E-state index < -0.39 is 11.8 Å². The van der Waals surface area contributed by atoms with Gasteiger partial charge in [-0.1, -0.05) is 18.2 Å². The van der Waals surface area contributed by atoms with Gasteiger partial charge in [-0.25, -0.2) is 0 Å². The van der Waals surface area contributed by atoms with Gasteiger partial charge in [0.25, 0.3) is 0 Å². The first-order valence-corrected chi connectivity index (χ1v) is 4.96. The Bertz CT molecular complexity index is 357. The lowest BCUT2D eigenvalue weighted by Crippen LogP contribution is -2.47. The Kier molecular flexibility index (Phi) is 4.29. The minimum Gasteiger partial charge on any atom is -0.363 e. The molecule has 0 saturated heterocycles. The fourth-order valence-electron chi connectivity index (χ4n) is 1.53. The van der Waals surface area contributed by atoms with Crippen molar-refractivity contribution in [3.63, 3.8) is 0 Å². The van der Waals surface area contributed by atoms with Crippen LogP contribution in [-0.4, -0.2) is 26.0 Å². The highest BCUT2D eigenvalue weighted by molar-refractivity contribution is 5.47. The van der Waals surface area contributed by atoms with Crippen LogP contribution >= 0.6 is 0 Å². The Morgan fingerprint density at radius 3 is 2.25 bits per heavy atom. The van der Waals surface area contributed by atoms with Crippen molar-refractivity contribution in [3.05, 3.63) is 30.3 Å². The summed E-state index contributed by atoms with van der Waals surface area (Å²) in [5, 5.41) is 12.3. The summed E-state index contributed by atoms with van der Waals surface area (Å²) in [7, 11) is 3.02. The number of hydrogen-bond acceptors (Lipinski definition) is 4. The van der Waals surface area contributed by atoms with Crippen LogP contribution in [0.2, 0.25) is 0 Å². The Hall–Kier alpha value is -1.57. The quantitative estimate of drug-likeness (QED) is 0.771. The zero-order valence-corrected chi connectivity index (χ0v) is 9.73. The van der Waals surface area contributed by atoms with Crippen molar-refractivity contribution in [1.82, 2.24) is 0 Å². The maximum atomic E-state index is 9.21. The molecular formula is C12H16N2O2. The van der Waals surface area contributed by atoms with Gasteiger partial charge in [-0.15, -0.1) is 0 Å². The van der Waals surface area contributed by atoms with E-state index in [9.17, 15) is 5.26 Å². The first-order chi connectivity index (χ1) is 7.66. The zero-order chi connectivity index (χ0) is 12.0. The summed E-state index contributed by atoms with van der Waals surface area (Å²) in [4.78, 5) is 0. The fourth-order valence-corrected chi connectivity index (χ4v) is 1.53. The molecule has 1 N–H and O–H groups in total. The van der Waals surface area contributed by atoms with E-state index >= 15 is 0 Å². The average molecular weight is 220 g/mol. The number of nitriles is 1. The van der Waals surface area contributed by atoms with Crippen molar-refractivity contribution in [2.75, 3.05) is 19.5 Å². The molecule has 0 spiro atoms. The minimum atomic E-state index is -0.926. The van der Waals surface area contributed by atoms with Gasteiger partial charge in [-0.2, -0.15) is 5.26 Å². The molecule has 16 heavy (non-hydrogen) atoms. The van der Waals surface area contributed by atoms with Gasteiger partial charge in [-0.3, -0.25) is 0 Å². The van der Waals surface area contributed by atoms with Crippen molar-refractivity contribution in [2.45, 2.75) is 18.8 Å². The van der Waals surface area contributed by atoms with Gasteiger partial charge in [0.05, 0.1) is 6.07 Å². The highest BCUT2D eigenvalue weighted by Gasteiger charge is 2.35. The van der Waals surface area contributed by atoms with E-state index in [2.05, 4.69) is 11.4 Å². The molecule has 0 aliphatic carbocycles. The summed E-state index contributed by atoms with van der Waals surface area (Å²) >= 11 is 0. The van der Waals surface area contributed by atoms with Crippen molar-refractivity contribution < 1.29 is 9.47 Å². The van der Waals surface area contributed by atoms with E-state index in [1.54, 1.807) is 6.92 Å². The van der Waals surface area contributed by atoms with Crippen molar-refractivity contribution in [3.8, 4) is 6.07 Å². The Balaban J connectivity index is 2.86. The number of hydrogen-bond donors (Lipinski definition) is 1. The van der Waals surface area contributed by atoms with Crippen molar-refractivity contribution >= 4 is 5.69 Å². The second-order valence-electron chi connectivity index (χ2n) is 3.61. The Morgan fingerprint density at radius 1 is 1.25 bits per heavy atom. The summed E-state index contributed by atoms with van der Waals surface area (Å²) in [6.45, 7) is 1.73. The number of nitrogens with zero attached hydrogens (tertiary/aromatic N) is 1. The number of anilines is 1. The van der Waals surface area contributed by atoms with Crippen LogP contribution in [-0.2, 0) is 9.47 Å². The van der Waals surface area contributed by atoms with Crippen LogP contribution in [0.15, 0.2) is 30.3 Å². The third-order valence-corrected chi connectivity index (χ3v) is 2.31. The lowest BCUT2D eigenvalue weighted by molar-refractivity contribution is -0.124. The molecular weight excluding hydrogens is 204 g/mol. The number of ether oxygens (including phenoxy) is 2. The molecule has 0 radical (unpaired) electrons. The molecule has 0 aromatic heterocycles. The predicted molar refractivity (Wildman–Crippen MR) is 61.9 cm³/mol. The van der Waals surface area contributed by atoms with E-state index in [0.29, 0.717) is 0 Å². The second-order valence-corrected chi connectivity index (χ2v) is 3.61. The molecule has 0 amide bonds. The summed E-state index contributed by atoms with van der Waals surface area (Å²) in [6.07, 6.45) is -0.627. The number of nitrogens with one attached hydrogen (secondary N) is 1. The monoisotopic (exact) mass is 220 g/mol.